The van der Waals surface area contributed by atoms with Gasteiger partial charge in [-0.05, 0) is 40.0 Å². The second kappa shape index (κ2) is 6.15. The molecule has 0 aromatic heterocycles. The lowest BCUT2D eigenvalue weighted by atomic mass is 10.3. The predicted octanol–water partition coefficient (Wildman–Crippen LogP) is 4.12. The van der Waals surface area contributed by atoms with Crippen molar-refractivity contribution in [2.45, 2.75) is 44.8 Å². The molecule has 0 fully saturated rings. The molecule has 0 spiro atoms. The third-order valence-corrected chi connectivity index (χ3v) is 2.66. The fourth-order valence-electron chi connectivity index (χ4n) is 1.39. The van der Waals surface area contributed by atoms with Crippen LogP contribution >= 0.6 is 11.8 Å². The van der Waals surface area contributed by atoms with E-state index in [1.54, 1.807) is 0 Å². The van der Waals surface area contributed by atoms with Gasteiger partial charge in [0.25, 0.3) is 0 Å². The zero-order chi connectivity index (χ0) is 13.0. The average molecular weight is 258 g/mol. The van der Waals surface area contributed by atoms with Gasteiger partial charge in [0.2, 0.25) is 0 Å². The Kier molecular flexibility index (Phi) is 5.12. The lowest BCUT2D eigenvalue weighted by Crippen LogP contribution is -2.11. The molecule has 96 valence electrons. The first kappa shape index (κ1) is 14.2. The number of hydrogen-bond acceptors (Lipinski definition) is 3. The number of benzene rings is 1. The van der Waals surface area contributed by atoms with Crippen LogP contribution in [0.5, 0.6) is 11.5 Å². The maximum absolute atomic E-state index is 13.4. The SMILES string of the molecule is CSc1cc(F)cc(OC(C)C)c1OC(C)C. The maximum atomic E-state index is 13.4. The van der Waals surface area contributed by atoms with Crippen molar-refractivity contribution in [2.24, 2.45) is 0 Å². The van der Waals surface area contributed by atoms with Crippen LogP contribution < -0.4 is 9.47 Å². The molecule has 0 aliphatic carbocycles. The molecule has 0 N–H and O–H groups in total. The van der Waals surface area contributed by atoms with Gasteiger partial charge in [-0.15, -0.1) is 11.8 Å². The standard InChI is InChI=1S/C13H19FO2S/c1-8(2)15-11-6-10(14)7-12(17-5)13(11)16-9(3)4/h6-9H,1-5H3. The van der Waals surface area contributed by atoms with E-state index in [9.17, 15) is 4.39 Å². The molecule has 0 amide bonds. The van der Waals surface area contributed by atoms with Crippen molar-refractivity contribution < 1.29 is 13.9 Å². The highest BCUT2D eigenvalue weighted by molar-refractivity contribution is 7.98. The summed E-state index contributed by atoms with van der Waals surface area (Å²) in [4.78, 5) is 0.759. The Bertz CT molecular complexity index is 378. The fraction of sp³-hybridized carbons (Fsp3) is 0.538. The van der Waals surface area contributed by atoms with E-state index in [0.29, 0.717) is 11.5 Å². The second-order valence-electron chi connectivity index (χ2n) is 4.27. The maximum Gasteiger partial charge on any atom is 0.175 e. The normalized spacial score (nSPS) is 11.1. The summed E-state index contributed by atoms with van der Waals surface area (Å²) < 4.78 is 24.7. The third-order valence-electron chi connectivity index (χ3n) is 1.92. The Hall–Kier alpha value is -0.900. The lowest BCUT2D eigenvalue weighted by molar-refractivity contribution is 0.193. The minimum Gasteiger partial charge on any atom is -0.487 e. The predicted molar refractivity (Wildman–Crippen MR) is 69.7 cm³/mol. The summed E-state index contributed by atoms with van der Waals surface area (Å²) in [7, 11) is 0. The van der Waals surface area contributed by atoms with Gasteiger partial charge in [-0.3, -0.25) is 0 Å². The number of ether oxygens (including phenoxy) is 2. The Balaban J connectivity index is 3.18. The van der Waals surface area contributed by atoms with Crippen LogP contribution in [0.1, 0.15) is 27.7 Å². The second-order valence-corrected chi connectivity index (χ2v) is 5.12. The van der Waals surface area contributed by atoms with E-state index in [2.05, 4.69) is 0 Å². The van der Waals surface area contributed by atoms with Crippen LogP contribution in [0.2, 0.25) is 0 Å². The van der Waals surface area contributed by atoms with Crippen LogP contribution in [0.4, 0.5) is 4.39 Å². The monoisotopic (exact) mass is 258 g/mol. The topological polar surface area (TPSA) is 18.5 Å². The summed E-state index contributed by atoms with van der Waals surface area (Å²) in [5.41, 5.74) is 0. The first-order chi connectivity index (χ1) is 7.93. The first-order valence-corrected chi connectivity index (χ1v) is 6.87. The number of rotatable bonds is 5. The zero-order valence-corrected chi connectivity index (χ0v) is 11.7. The van der Waals surface area contributed by atoms with Gasteiger partial charge < -0.3 is 9.47 Å². The summed E-state index contributed by atoms with van der Waals surface area (Å²) in [5.74, 6) is 0.793. The van der Waals surface area contributed by atoms with E-state index in [1.165, 1.54) is 23.9 Å². The van der Waals surface area contributed by atoms with E-state index in [4.69, 9.17) is 9.47 Å². The van der Waals surface area contributed by atoms with Crippen molar-refractivity contribution in [1.82, 2.24) is 0 Å². The average Bonchev–Trinajstić information content (AvgIpc) is 2.20. The molecule has 0 saturated heterocycles. The molecular weight excluding hydrogens is 239 g/mol. The van der Waals surface area contributed by atoms with Crippen molar-refractivity contribution in [1.29, 1.82) is 0 Å². The lowest BCUT2D eigenvalue weighted by Gasteiger charge is -2.19. The summed E-state index contributed by atoms with van der Waals surface area (Å²) in [5, 5.41) is 0. The number of hydrogen-bond donors (Lipinski definition) is 0. The van der Waals surface area contributed by atoms with E-state index in [-0.39, 0.29) is 18.0 Å². The molecule has 0 heterocycles. The van der Waals surface area contributed by atoms with Gasteiger partial charge in [-0.2, -0.15) is 0 Å². The van der Waals surface area contributed by atoms with Gasteiger partial charge in [0, 0.05) is 6.07 Å². The van der Waals surface area contributed by atoms with Crippen LogP contribution in [0, 0.1) is 5.82 Å². The summed E-state index contributed by atoms with van der Waals surface area (Å²) in [6, 6.07) is 2.84. The minimum absolute atomic E-state index is 0.0129. The largest absolute Gasteiger partial charge is 0.487 e. The van der Waals surface area contributed by atoms with Crippen LogP contribution in [0.25, 0.3) is 0 Å². The highest BCUT2D eigenvalue weighted by Crippen LogP contribution is 2.39. The highest BCUT2D eigenvalue weighted by atomic mass is 32.2. The summed E-state index contributed by atoms with van der Waals surface area (Å²) in [6.07, 6.45) is 1.91. The molecule has 0 unspecified atom stereocenters. The fourth-order valence-corrected chi connectivity index (χ4v) is 1.95. The summed E-state index contributed by atoms with van der Waals surface area (Å²) in [6.45, 7) is 7.69. The molecule has 1 aromatic carbocycles. The van der Waals surface area contributed by atoms with Gasteiger partial charge in [-0.1, -0.05) is 0 Å². The third kappa shape index (κ3) is 4.11. The molecule has 0 aliphatic heterocycles. The van der Waals surface area contributed by atoms with E-state index in [0.717, 1.165) is 4.90 Å². The molecule has 2 nitrogen and oxygen atoms in total. The van der Waals surface area contributed by atoms with E-state index < -0.39 is 0 Å². The zero-order valence-electron chi connectivity index (χ0n) is 10.9. The van der Waals surface area contributed by atoms with Crippen LogP contribution in [0.15, 0.2) is 17.0 Å². The van der Waals surface area contributed by atoms with Crippen LogP contribution in [-0.4, -0.2) is 18.5 Å². The molecule has 0 radical (unpaired) electrons. The molecule has 0 bridgehead atoms. The Morgan fingerprint density at radius 3 is 2.12 bits per heavy atom. The van der Waals surface area contributed by atoms with Crippen molar-refractivity contribution in [2.75, 3.05) is 6.26 Å². The van der Waals surface area contributed by atoms with Gasteiger partial charge in [-0.25, -0.2) is 4.39 Å². The molecule has 0 saturated carbocycles. The van der Waals surface area contributed by atoms with Crippen molar-refractivity contribution in [3.8, 4) is 11.5 Å². The Morgan fingerprint density at radius 2 is 1.65 bits per heavy atom. The Morgan fingerprint density at radius 1 is 1.06 bits per heavy atom. The van der Waals surface area contributed by atoms with Gasteiger partial charge in [0.05, 0.1) is 17.1 Å². The van der Waals surface area contributed by atoms with Crippen molar-refractivity contribution in [3.63, 3.8) is 0 Å². The van der Waals surface area contributed by atoms with Crippen LogP contribution in [0.3, 0.4) is 0 Å². The minimum atomic E-state index is -0.305. The Labute approximate surface area is 107 Å². The highest BCUT2D eigenvalue weighted by Gasteiger charge is 2.15. The van der Waals surface area contributed by atoms with Crippen molar-refractivity contribution >= 4 is 11.8 Å². The summed E-state index contributed by atoms with van der Waals surface area (Å²) >= 11 is 1.45. The molecule has 17 heavy (non-hydrogen) atoms. The van der Waals surface area contributed by atoms with Crippen LogP contribution in [-0.2, 0) is 0 Å². The number of thioether (sulfide) groups is 1. The first-order valence-electron chi connectivity index (χ1n) is 5.65. The molecule has 1 aromatic rings. The number of halogens is 1. The quantitative estimate of drug-likeness (QED) is 0.740. The van der Waals surface area contributed by atoms with E-state index in [1.807, 2.05) is 34.0 Å². The van der Waals surface area contributed by atoms with Gasteiger partial charge in [0.1, 0.15) is 5.82 Å². The molecular formula is C13H19FO2S. The molecule has 0 atom stereocenters. The smallest absolute Gasteiger partial charge is 0.175 e. The van der Waals surface area contributed by atoms with Crippen molar-refractivity contribution in [3.05, 3.63) is 17.9 Å². The van der Waals surface area contributed by atoms with Gasteiger partial charge in [0.15, 0.2) is 11.5 Å². The molecule has 4 heteroatoms. The van der Waals surface area contributed by atoms with E-state index >= 15 is 0 Å². The molecule has 1 rings (SSSR count). The van der Waals surface area contributed by atoms with Gasteiger partial charge >= 0.3 is 0 Å². The molecule has 0 aliphatic rings.